The molecule has 0 aliphatic heterocycles. The second-order valence-electron chi connectivity index (χ2n) is 4.52. The second-order valence-corrected chi connectivity index (χ2v) is 4.93. The number of non-ortho nitro benzene ring substituents is 1. The van der Waals surface area contributed by atoms with Crippen molar-refractivity contribution in [1.82, 2.24) is 5.32 Å². The number of carbonyl (C=O) groups excluding carboxylic acids is 1. The zero-order chi connectivity index (χ0) is 13.3. The lowest BCUT2D eigenvalue weighted by molar-refractivity contribution is -0.384. The summed E-state index contributed by atoms with van der Waals surface area (Å²) in [7, 11) is 0. The number of benzene rings is 1. The Morgan fingerprint density at radius 1 is 1.56 bits per heavy atom. The van der Waals surface area contributed by atoms with Gasteiger partial charge in [-0.25, -0.2) is 0 Å². The number of halogens is 1. The summed E-state index contributed by atoms with van der Waals surface area (Å²) in [5.74, 6) is 0.264. The monoisotopic (exact) mass is 268 g/mol. The van der Waals surface area contributed by atoms with E-state index in [1.54, 1.807) is 0 Å². The molecule has 0 aromatic heterocycles. The Kier molecular flexibility index (Phi) is 3.52. The van der Waals surface area contributed by atoms with Crippen LogP contribution < -0.4 is 5.32 Å². The molecule has 1 aliphatic rings. The third kappa shape index (κ3) is 2.79. The van der Waals surface area contributed by atoms with E-state index in [9.17, 15) is 14.9 Å². The maximum absolute atomic E-state index is 11.9. The summed E-state index contributed by atoms with van der Waals surface area (Å²) in [5, 5.41) is 13.5. The molecular weight excluding hydrogens is 256 g/mol. The van der Waals surface area contributed by atoms with Gasteiger partial charge in [-0.05, 0) is 31.7 Å². The number of nitro benzene ring substituents is 1. The Bertz CT molecular complexity index is 500. The van der Waals surface area contributed by atoms with E-state index >= 15 is 0 Å². The highest BCUT2D eigenvalue weighted by Gasteiger charge is 2.29. The first kappa shape index (κ1) is 12.8. The minimum atomic E-state index is -0.541. The molecule has 1 aromatic rings. The molecule has 0 radical (unpaired) electrons. The van der Waals surface area contributed by atoms with Crippen LogP contribution in [-0.2, 0) is 0 Å². The van der Waals surface area contributed by atoms with Crippen molar-refractivity contribution in [3.05, 3.63) is 38.9 Å². The van der Waals surface area contributed by atoms with Crippen molar-refractivity contribution < 1.29 is 9.72 Å². The van der Waals surface area contributed by atoms with E-state index in [4.69, 9.17) is 11.6 Å². The van der Waals surface area contributed by atoms with Gasteiger partial charge in [-0.3, -0.25) is 14.9 Å². The predicted octanol–water partition coefficient (Wildman–Crippen LogP) is 2.78. The summed E-state index contributed by atoms with van der Waals surface area (Å²) in [6.07, 6.45) is 2.27. The molecule has 0 heterocycles. The standard InChI is InChI=1S/C12H13ClN2O3/c1-7(8-2-3-8)14-12(16)10-5-4-9(15(17)18)6-11(10)13/h4-8H,2-3H2,1H3,(H,14,16)/t7-/m0/s1. The van der Waals surface area contributed by atoms with Gasteiger partial charge in [-0.15, -0.1) is 0 Å². The fourth-order valence-electron chi connectivity index (χ4n) is 1.80. The topological polar surface area (TPSA) is 72.2 Å². The minimum absolute atomic E-state index is 0.102. The minimum Gasteiger partial charge on any atom is -0.349 e. The van der Waals surface area contributed by atoms with Gasteiger partial charge >= 0.3 is 0 Å². The van der Waals surface area contributed by atoms with Crippen LogP contribution in [0.2, 0.25) is 5.02 Å². The lowest BCUT2D eigenvalue weighted by Crippen LogP contribution is -2.34. The number of amides is 1. The maximum atomic E-state index is 11.9. The van der Waals surface area contributed by atoms with Crippen molar-refractivity contribution in [3.8, 4) is 0 Å². The first-order chi connectivity index (χ1) is 8.49. The number of nitrogens with one attached hydrogen (secondary N) is 1. The van der Waals surface area contributed by atoms with E-state index in [0.717, 1.165) is 12.8 Å². The van der Waals surface area contributed by atoms with Gasteiger partial charge in [0, 0.05) is 18.2 Å². The quantitative estimate of drug-likeness (QED) is 0.674. The molecule has 6 heteroatoms. The van der Waals surface area contributed by atoms with Gasteiger partial charge in [0.05, 0.1) is 15.5 Å². The SMILES string of the molecule is C[C@H](NC(=O)c1ccc([N+](=O)[O-])cc1Cl)C1CC1. The Labute approximate surface area is 109 Å². The van der Waals surface area contributed by atoms with Crippen LogP contribution in [-0.4, -0.2) is 16.9 Å². The van der Waals surface area contributed by atoms with Crippen molar-refractivity contribution in [2.75, 3.05) is 0 Å². The number of nitrogens with zero attached hydrogens (tertiary/aromatic N) is 1. The lowest BCUT2D eigenvalue weighted by atomic mass is 10.1. The molecular formula is C12H13ClN2O3. The highest BCUT2D eigenvalue weighted by atomic mass is 35.5. The highest BCUT2D eigenvalue weighted by Crippen LogP contribution is 2.32. The molecule has 1 N–H and O–H groups in total. The fraction of sp³-hybridized carbons (Fsp3) is 0.417. The molecule has 0 bridgehead atoms. The van der Waals surface area contributed by atoms with Gasteiger partial charge in [-0.1, -0.05) is 11.6 Å². The molecule has 1 amide bonds. The van der Waals surface area contributed by atoms with Crippen molar-refractivity contribution in [2.24, 2.45) is 5.92 Å². The van der Waals surface area contributed by atoms with Gasteiger partial charge in [0.25, 0.3) is 11.6 Å². The molecule has 96 valence electrons. The van der Waals surface area contributed by atoms with E-state index in [0.29, 0.717) is 5.92 Å². The van der Waals surface area contributed by atoms with Gasteiger partial charge in [0.2, 0.25) is 0 Å². The molecule has 0 saturated heterocycles. The molecule has 0 unspecified atom stereocenters. The molecule has 1 aromatic carbocycles. The first-order valence-electron chi connectivity index (χ1n) is 5.74. The smallest absolute Gasteiger partial charge is 0.270 e. The van der Waals surface area contributed by atoms with E-state index in [1.165, 1.54) is 18.2 Å². The van der Waals surface area contributed by atoms with Crippen LogP contribution in [0.4, 0.5) is 5.69 Å². The van der Waals surface area contributed by atoms with Crippen LogP contribution in [0.3, 0.4) is 0 Å². The van der Waals surface area contributed by atoms with Crippen molar-refractivity contribution in [2.45, 2.75) is 25.8 Å². The predicted molar refractivity (Wildman–Crippen MR) is 67.8 cm³/mol. The number of hydrogen-bond donors (Lipinski definition) is 1. The second kappa shape index (κ2) is 4.94. The fourth-order valence-corrected chi connectivity index (χ4v) is 2.06. The van der Waals surface area contributed by atoms with E-state index < -0.39 is 4.92 Å². The average molecular weight is 269 g/mol. The Balaban J connectivity index is 2.12. The van der Waals surface area contributed by atoms with Gasteiger partial charge in [-0.2, -0.15) is 0 Å². The average Bonchev–Trinajstić information content (AvgIpc) is 3.12. The van der Waals surface area contributed by atoms with Crippen LogP contribution >= 0.6 is 11.6 Å². The molecule has 1 saturated carbocycles. The first-order valence-corrected chi connectivity index (χ1v) is 6.11. The zero-order valence-corrected chi connectivity index (χ0v) is 10.6. The lowest BCUT2D eigenvalue weighted by Gasteiger charge is -2.13. The number of hydrogen-bond acceptors (Lipinski definition) is 3. The molecule has 18 heavy (non-hydrogen) atoms. The molecule has 0 spiro atoms. The Hall–Kier alpha value is -1.62. The molecule has 1 atom stereocenters. The van der Waals surface area contributed by atoms with Crippen molar-refractivity contribution in [1.29, 1.82) is 0 Å². The van der Waals surface area contributed by atoms with E-state index in [1.807, 2.05) is 6.92 Å². The van der Waals surface area contributed by atoms with Crippen molar-refractivity contribution >= 4 is 23.2 Å². The number of nitro groups is 1. The van der Waals surface area contributed by atoms with Crippen LogP contribution in [0, 0.1) is 16.0 Å². The molecule has 5 nitrogen and oxygen atoms in total. The van der Waals surface area contributed by atoms with E-state index in [-0.39, 0.29) is 28.2 Å². The third-order valence-corrected chi connectivity index (χ3v) is 3.41. The van der Waals surface area contributed by atoms with Gasteiger partial charge < -0.3 is 5.32 Å². The summed E-state index contributed by atoms with van der Waals surface area (Å²) in [5.41, 5.74) is 0.154. The summed E-state index contributed by atoms with van der Waals surface area (Å²) >= 11 is 5.88. The normalized spacial score (nSPS) is 16.1. The molecule has 2 rings (SSSR count). The zero-order valence-electron chi connectivity index (χ0n) is 9.85. The number of rotatable bonds is 4. The van der Waals surface area contributed by atoms with Crippen LogP contribution in [0.15, 0.2) is 18.2 Å². The Morgan fingerprint density at radius 3 is 2.72 bits per heavy atom. The summed E-state index contributed by atoms with van der Waals surface area (Å²) < 4.78 is 0. The third-order valence-electron chi connectivity index (χ3n) is 3.10. The van der Waals surface area contributed by atoms with Crippen molar-refractivity contribution in [3.63, 3.8) is 0 Å². The van der Waals surface area contributed by atoms with E-state index in [2.05, 4.69) is 5.32 Å². The summed E-state index contributed by atoms with van der Waals surface area (Å²) in [6, 6.07) is 3.97. The maximum Gasteiger partial charge on any atom is 0.270 e. The van der Waals surface area contributed by atoms with Crippen LogP contribution in [0.25, 0.3) is 0 Å². The molecule has 1 aliphatic carbocycles. The number of carbonyl (C=O) groups is 1. The highest BCUT2D eigenvalue weighted by molar-refractivity contribution is 6.34. The van der Waals surface area contributed by atoms with Gasteiger partial charge in [0.15, 0.2) is 0 Å². The summed E-state index contributed by atoms with van der Waals surface area (Å²) in [4.78, 5) is 21.9. The van der Waals surface area contributed by atoms with Crippen LogP contribution in [0.1, 0.15) is 30.1 Å². The van der Waals surface area contributed by atoms with Gasteiger partial charge in [0.1, 0.15) is 0 Å². The summed E-state index contributed by atoms with van der Waals surface area (Å²) in [6.45, 7) is 1.95. The Morgan fingerprint density at radius 2 is 2.22 bits per heavy atom. The largest absolute Gasteiger partial charge is 0.349 e. The molecule has 1 fully saturated rings. The van der Waals surface area contributed by atoms with Crippen LogP contribution in [0.5, 0.6) is 0 Å².